The van der Waals surface area contributed by atoms with Crippen molar-refractivity contribution in [3.63, 3.8) is 0 Å². The summed E-state index contributed by atoms with van der Waals surface area (Å²) in [5.74, 6) is -1.79. The number of furan rings is 1. The van der Waals surface area contributed by atoms with Crippen LogP contribution in [0, 0.1) is 0 Å². The maximum atomic E-state index is 12.7. The standard InChI is InChI=1S/C21H19N3O4S/c25-19(23-24-21(27)20(26)22-14-16-10-7-13-28-16)18(15-8-3-1-4-9-15)29-17-11-5-2-6-12-17/h1-13,18H,14H2,(H,22,26)(H,23,25)(H,24,27)/t18-/m0/s1. The molecule has 0 saturated carbocycles. The van der Waals surface area contributed by atoms with Gasteiger partial charge in [0.05, 0.1) is 12.8 Å². The molecule has 3 rings (SSSR count). The third-order valence-corrected chi connectivity index (χ3v) is 5.11. The summed E-state index contributed by atoms with van der Waals surface area (Å²) in [4.78, 5) is 37.4. The van der Waals surface area contributed by atoms with Crippen LogP contribution in [0.4, 0.5) is 0 Å². The van der Waals surface area contributed by atoms with Crippen LogP contribution in [0.2, 0.25) is 0 Å². The molecule has 0 aliphatic rings. The van der Waals surface area contributed by atoms with Crippen molar-refractivity contribution in [2.45, 2.75) is 16.7 Å². The highest BCUT2D eigenvalue weighted by atomic mass is 32.2. The summed E-state index contributed by atoms with van der Waals surface area (Å²) in [5.41, 5.74) is 5.26. The number of amides is 3. The average Bonchev–Trinajstić information content (AvgIpc) is 3.29. The number of thioether (sulfide) groups is 1. The van der Waals surface area contributed by atoms with E-state index in [0.29, 0.717) is 5.76 Å². The van der Waals surface area contributed by atoms with Crippen LogP contribution in [0.1, 0.15) is 16.6 Å². The molecule has 29 heavy (non-hydrogen) atoms. The molecule has 0 radical (unpaired) electrons. The van der Waals surface area contributed by atoms with E-state index in [1.807, 2.05) is 60.7 Å². The van der Waals surface area contributed by atoms with Crippen LogP contribution < -0.4 is 16.2 Å². The van der Waals surface area contributed by atoms with Gasteiger partial charge in [-0.2, -0.15) is 0 Å². The van der Waals surface area contributed by atoms with Crippen LogP contribution in [0.5, 0.6) is 0 Å². The zero-order valence-corrected chi connectivity index (χ0v) is 16.1. The van der Waals surface area contributed by atoms with Gasteiger partial charge in [-0.1, -0.05) is 48.5 Å². The largest absolute Gasteiger partial charge is 0.467 e. The fourth-order valence-corrected chi connectivity index (χ4v) is 3.48. The average molecular weight is 409 g/mol. The Kier molecular flexibility index (Phi) is 7.07. The second kappa shape index (κ2) is 10.1. The molecule has 0 unspecified atom stereocenters. The van der Waals surface area contributed by atoms with Gasteiger partial charge in [0.2, 0.25) is 0 Å². The molecule has 1 heterocycles. The molecule has 1 atom stereocenters. The minimum absolute atomic E-state index is 0.0731. The predicted octanol–water partition coefficient (Wildman–Crippen LogP) is 2.58. The predicted molar refractivity (Wildman–Crippen MR) is 108 cm³/mol. The van der Waals surface area contributed by atoms with Gasteiger partial charge in [0.1, 0.15) is 11.0 Å². The zero-order chi connectivity index (χ0) is 20.5. The number of nitrogens with one attached hydrogen (secondary N) is 3. The van der Waals surface area contributed by atoms with Gasteiger partial charge in [-0.25, -0.2) is 0 Å². The van der Waals surface area contributed by atoms with Crippen molar-refractivity contribution in [3.8, 4) is 0 Å². The van der Waals surface area contributed by atoms with E-state index in [1.54, 1.807) is 12.1 Å². The first-order valence-electron chi connectivity index (χ1n) is 8.80. The second-order valence-corrected chi connectivity index (χ2v) is 7.11. The highest BCUT2D eigenvalue weighted by Gasteiger charge is 2.23. The van der Waals surface area contributed by atoms with E-state index in [0.717, 1.165) is 10.5 Å². The van der Waals surface area contributed by atoms with Gasteiger partial charge >= 0.3 is 11.8 Å². The summed E-state index contributed by atoms with van der Waals surface area (Å²) >= 11 is 1.34. The van der Waals surface area contributed by atoms with E-state index in [4.69, 9.17) is 4.42 Å². The Morgan fingerprint density at radius 3 is 2.17 bits per heavy atom. The van der Waals surface area contributed by atoms with Crippen molar-refractivity contribution < 1.29 is 18.8 Å². The zero-order valence-electron chi connectivity index (χ0n) is 15.3. The minimum atomic E-state index is -0.971. The van der Waals surface area contributed by atoms with Gasteiger partial charge in [0, 0.05) is 4.90 Å². The Morgan fingerprint density at radius 2 is 1.52 bits per heavy atom. The fourth-order valence-electron chi connectivity index (χ4n) is 2.44. The number of hydrogen-bond acceptors (Lipinski definition) is 5. The number of benzene rings is 2. The molecule has 148 valence electrons. The highest BCUT2D eigenvalue weighted by molar-refractivity contribution is 8.00. The third-order valence-electron chi connectivity index (χ3n) is 3.85. The van der Waals surface area contributed by atoms with Crippen LogP contribution in [0.25, 0.3) is 0 Å². The topological polar surface area (TPSA) is 100 Å². The highest BCUT2D eigenvalue weighted by Crippen LogP contribution is 2.35. The Bertz CT molecular complexity index is 947. The lowest BCUT2D eigenvalue weighted by Gasteiger charge is -2.17. The smallest absolute Gasteiger partial charge is 0.327 e. The molecule has 0 spiro atoms. The van der Waals surface area contributed by atoms with E-state index >= 15 is 0 Å². The van der Waals surface area contributed by atoms with Gasteiger partial charge in [0.15, 0.2) is 0 Å². The molecule has 8 heteroatoms. The van der Waals surface area contributed by atoms with E-state index in [2.05, 4.69) is 16.2 Å². The first-order valence-corrected chi connectivity index (χ1v) is 9.68. The maximum Gasteiger partial charge on any atom is 0.327 e. The fraction of sp³-hybridized carbons (Fsp3) is 0.0952. The molecule has 0 bridgehead atoms. The summed E-state index contributed by atoms with van der Waals surface area (Å²) in [6, 6.07) is 22.0. The molecule has 0 aliphatic heterocycles. The minimum Gasteiger partial charge on any atom is -0.467 e. The molecule has 3 aromatic rings. The van der Waals surface area contributed by atoms with Gasteiger partial charge < -0.3 is 9.73 Å². The first kappa shape index (κ1) is 20.2. The first-order chi connectivity index (χ1) is 14.1. The molecule has 3 amide bonds. The van der Waals surface area contributed by atoms with Crippen LogP contribution in [0.3, 0.4) is 0 Å². The summed E-state index contributed by atoms with van der Waals surface area (Å²) in [5, 5.41) is 1.80. The van der Waals surface area contributed by atoms with Crippen molar-refractivity contribution >= 4 is 29.5 Å². The molecular weight excluding hydrogens is 390 g/mol. The summed E-state index contributed by atoms with van der Waals surface area (Å²) in [6.07, 6.45) is 1.47. The quantitative estimate of drug-likeness (QED) is 0.330. The number of carbonyl (C=O) groups is 3. The third kappa shape index (κ3) is 5.98. The second-order valence-electron chi connectivity index (χ2n) is 5.93. The van der Waals surface area contributed by atoms with Crippen LogP contribution in [0.15, 0.2) is 88.4 Å². The van der Waals surface area contributed by atoms with Gasteiger partial charge in [-0.15, -0.1) is 11.8 Å². The molecular formula is C21H19N3O4S. The molecule has 0 saturated heterocycles. The van der Waals surface area contributed by atoms with Crippen molar-refractivity contribution in [2.24, 2.45) is 0 Å². The van der Waals surface area contributed by atoms with E-state index in [1.165, 1.54) is 18.0 Å². The van der Waals surface area contributed by atoms with Gasteiger partial charge in [-0.05, 0) is 29.8 Å². The normalized spacial score (nSPS) is 11.3. The van der Waals surface area contributed by atoms with Crippen LogP contribution >= 0.6 is 11.8 Å². The van der Waals surface area contributed by atoms with Crippen molar-refractivity contribution in [2.75, 3.05) is 0 Å². The van der Waals surface area contributed by atoms with Crippen LogP contribution in [-0.2, 0) is 20.9 Å². The molecule has 1 aromatic heterocycles. The van der Waals surface area contributed by atoms with E-state index in [9.17, 15) is 14.4 Å². The van der Waals surface area contributed by atoms with Crippen molar-refractivity contribution in [1.29, 1.82) is 0 Å². The van der Waals surface area contributed by atoms with Crippen molar-refractivity contribution in [1.82, 2.24) is 16.2 Å². The maximum absolute atomic E-state index is 12.7. The SMILES string of the molecule is O=C(NCc1ccco1)C(=O)NNC(=O)[C@@H](Sc1ccccc1)c1ccccc1. The molecule has 0 aliphatic carbocycles. The molecule has 7 nitrogen and oxygen atoms in total. The Morgan fingerprint density at radius 1 is 0.828 bits per heavy atom. The Balaban J connectivity index is 1.59. The summed E-state index contributed by atoms with van der Waals surface area (Å²) < 4.78 is 5.08. The molecule has 2 aromatic carbocycles. The van der Waals surface area contributed by atoms with Gasteiger partial charge in [-0.3, -0.25) is 25.2 Å². The van der Waals surface area contributed by atoms with E-state index < -0.39 is 23.0 Å². The van der Waals surface area contributed by atoms with Gasteiger partial charge in [0.25, 0.3) is 5.91 Å². The Hall–Kier alpha value is -3.52. The molecule has 3 N–H and O–H groups in total. The number of carbonyl (C=O) groups excluding carboxylic acids is 3. The number of hydrogen-bond donors (Lipinski definition) is 3. The van der Waals surface area contributed by atoms with E-state index in [-0.39, 0.29) is 6.54 Å². The summed E-state index contributed by atoms with van der Waals surface area (Å²) in [7, 11) is 0. The lowest BCUT2D eigenvalue weighted by molar-refractivity contribution is -0.141. The number of hydrazine groups is 1. The lowest BCUT2D eigenvalue weighted by Crippen LogP contribution is -2.49. The lowest BCUT2D eigenvalue weighted by atomic mass is 10.1. The summed E-state index contributed by atoms with van der Waals surface area (Å²) in [6.45, 7) is 0.0731. The molecule has 0 fully saturated rings. The van der Waals surface area contributed by atoms with Crippen molar-refractivity contribution in [3.05, 3.63) is 90.4 Å². The monoisotopic (exact) mass is 409 g/mol. The van der Waals surface area contributed by atoms with Crippen LogP contribution in [-0.4, -0.2) is 17.7 Å². The Labute approximate surface area is 171 Å². The number of rotatable bonds is 6.